The fourth-order valence-electron chi connectivity index (χ4n) is 3.25. The molecular weight excluding hydrogens is 398 g/mol. The van der Waals surface area contributed by atoms with Crippen LogP contribution in [0.15, 0.2) is 34.5 Å². The second kappa shape index (κ2) is 8.02. The summed E-state index contributed by atoms with van der Waals surface area (Å²) in [6.45, 7) is 5.44. The van der Waals surface area contributed by atoms with Crippen LogP contribution in [0, 0.1) is 13.8 Å². The molecule has 7 nitrogen and oxygen atoms in total. The van der Waals surface area contributed by atoms with Crippen LogP contribution >= 0.6 is 11.3 Å². The number of thiophene rings is 1. The highest BCUT2D eigenvalue weighted by Gasteiger charge is 2.40. The van der Waals surface area contributed by atoms with E-state index in [1.54, 1.807) is 30.3 Å². The minimum absolute atomic E-state index is 0.171. The quantitative estimate of drug-likeness (QED) is 0.775. The summed E-state index contributed by atoms with van der Waals surface area (Å²) in [5.41, 5.74) is 2.04. The van der Waals surface area contributed by atoms with Crippen LogP contribution in [0.2, 0.25) is 0 Å². The van der Waals surface area contributed by atoms with Gasteiger partial charge in [-0.05, 0) is 62.6 Å². The molecule has 2 heterocycles. The van der Waals surface area contributed by atoms with E-state index in [0.29, 0.717) is 30.8 Å². The zero-order chi connectivity index (χ0) is 20.5. The SMILES string of the molecule is CC(=O)Nc1ccc(NC(=O)[C@H]2CCCN2S(=O)(=O)c2ccc(C)s2)cc1C. The van der Waals surface area contributed by atoms with E-state index in [0.717, 1.165) is 10.4 Å². The Kier molecular flexibility index (Phi) is 5.87. The predicted octanol–water partition coefficient (Wildman–Crippen LogP) is 3.12. The zero-order valence-corrected chi connectivity index (χ0v) is 17.6. The minimum Gasteiger partial charge on any atom is -0.326 e. The predicted molar refractivity (Wildman–Crippen MR) is 110 cm³/mol. The molecule has 2 aromatic rings. The molecule has 9 heteroatoms. The number of nitrogens with one attached hydrogen (secondary N) is 2. The van der Waals surface area contributed by atoms with Gasteiger partial charge in [0.15, 0.2) is 0 Å². The number of sulfonamides is 1. The molecule has 0 radical (unpaired) electrons. The van der Waals surface area contributed by atoms with Crippen molar-refractivity contribution < 1.29 is 18.0 Å². The first-order valence-electron chi connectivity index (χ1n) is 8.96. The molecule has 28 heavy (non-hydrogen) atoms. The average molecular weight is 422 g/mol. The normalized spacial score (nSPS) is 17.5. The number of aryl methyl sites for hydroxylation is 2. The van der Waals surface area contributed by atoms with E-state index in [1.807, 2.05) is 13.8 Å². The number of hydrogen-bond donors (Lipinski definition) is 2. The molecule has 2 N–H and O–H groups in total. The first kappa shape index (κ1) is 20.5. The van der Waals surface area contributed by atoms with Gasteiger partial charge in [0, 0.05) is 29.7 Å². The Morgan fingerprint density at radius 1 is 1.14 bits per heavy atom. The Hall–Kier alpha value is -2.23. The molecule has 1 saturated heterocycles. The van der Waals surface area contributed by atoms with Gasteiger partial charge in [0.1, 0.15) is 10.3 Å². The van der Waals surface area contributed by atoms with Crippen molar-refractivity contribution in [2.24, 2.45) is 0 Å². The molecule has 2 amide bonds. The van der Waals surface area contributed by atoms with Gasteiger partial charge in [0.2, 0.25) is 11.8 Å². The van der Waals surface area contributed by atoms with Crippen LogP contribution in [0.5, 0.6) is 0 Å². The smallest absolute Gasteiger partial charge is 0.253 e. The van der Waals surface area contributed by atoms with Crippen LogP contribution in [-0.2, 0) is 19.6 Å². The molecule has 0 unspecified atom stereocenters. The molecule has 0 spiro atoms. The van der Waals surface area contributed by atoms with Crippen LogP contribution in [-0.4, -0.2) is 37.1 Å². The van der Waals surface area contributed by atoms with Gasteiger partial charge in [-0.2, -0.15) is 4.31 Å². The van der Waals surface area contributed by atoms with Crippen molar-refractivity contribution in [2.75, 3.05) is 17.2 Å². The lowest BCUT2D eigenvalue weighted by atomic mass is 10.1. The molecule has 1 atom stereocenters. The van der Waals surface area contributed by atoms with Gasteiger partial charge in [-0.3, -0.25) is 9.59 Å². The second-order valence-electron chi connectivity index (χ2n) is 6.84. The number of carbonyl (C=O) groups is 2. The van der Waals surface area contributed by atoms with Crippen molar-refractivity contribution in [3.63, 3.8) is 0 Å². The van der Waals surface area contributed by atoms with E-state index in [1.165, 1.54) is 22.6 Å². The van der Waals surface area contributed by atoms with Crippen LogP contribution in [0.25, 0.3) is 0 Å². The highest BCUT2D eigenvalue weighted by molar-refractivity contribution is 7.91. The molecule has 1 aliphatic rings. The molecule has 150 valence electrons. The van der Waals surface area contributed by atoms with E-state index < -0.39 is 16.1 Å². The van der Waals surface area contributed by atoms with Gasteiger partial charge < -0.3 is 10.6 Å². The van der Waals surface area contributed by atoms with Crippen molar-refractivity contribution in [2.45, 2.75) is 43.9 Å². The number of amides is 2. The molecule has 0 bridgehead atoms. The summed E-state index contributed by atoms with van der Waals surface area (Å²) < 4.78 is 27.4. The van der Waals surface area contributed by atoms with Crippen molar-refractivity contribution in [3.05, 3.63) is 40.8 Å². The summed E-state index contributed by atoms with van der Waals surface area (Å²) in [6, 6.07) is 7.77. The number of rotatable bonds is 5. The van der Waals surface area contributed by atoms with E-state index in [2.05, 4.69) is 10.6 Å². The monoisotopic (exact) mass is 421 g/mol. The largest absolute Gasteiger partial charge is 0.326 e. The summed E-state index contributed by atoms with van der Waals surface area (Å²) in [6.07, 6.45) is 1.13. The van der Waals surface area contributed by atoms with E-state index in [4.69, 9.17) is 0 Å². The van der Waals surface area contributed by atoms with Crippen LogP contribution in [0.3, 0.4) is 0 Å². The Balaban J connectivity index is 1.76. The van der Waals surface area contributed by atoms with E-state index in [9.17, 15) is 18.0 Å². The first-order valence-corrected chi connectivity index (χ1v) is 11.2. The first-order chi connectivity index (χ1) is 13.2. The van der Waals surface area contributed by atoms with Gasteiger partial charge in [0.05, 0.1) is 0 Å². The maximum atomic E-state index is 12.9. The summed E-state index contributed by atoms with van der Waals surface area (Å²) in [4.78, 5) is 24.9. The fourth-order valence-corrected chi connectivity index (χ4v) is 6.32. The lowest BCUT2D eigenvalue weighted by Crippen LogP contribution is -2.42. The van der Waals surface area contributed by atoms with Gasteiger partial charge >= 0.3 is 0 Å². The average Bonchev–Trinajstić information content (AvgIpc) is 3.26. The fraction of sp³-hybridized carbons (Fsp3) is 0.368. The van der Waals surface area contributed by atoms with Crippen LogP contribution in [0.1, 0.15) is 30.2 Å². The Morgan fingerprint density at radius 3 is 2.50 bits per heavy atom. The molecule has 3 rings (SSSR count). The third kappa shape index (κ3) is 4.26. The van der Waals surface area contributed by atoms with Gasteiger partial charge in [-0.1, -0.05) is 0 Å². The lowest BCUT2D eigenvalue weighted by Gasteiger charge is -2.23. The van der Waals surface area contributed by atoms with Crippen LogP contribution < -0.4 is 10.6 Å². The highest BCUT2D eigenvalue weighted by atomic mass is 32.2. The minimum atomic E-state index is -3.69. The van der Waals surface area contributed by atoms with Gasteiger partial charge in [-0.15, -0.1) is 11.3 Å². The molecule has 1 aromatic carbocycles. The number of anilines is 2. The van der Waals surface area contributed by atoms with Crippen molar-refractivity contribution in [3.8, 4) is 0 Å². The lowest BCUT2D eigenvalue weighted by molar-refractivity contribution is -0.119. The van der Waals surface area contributed by atoms with E-state index in [-0.39, 0.29) is 16.0 Å². The third-order valence-electron chi connectivity index (χ3n) is 4.59. The summed E-state index contributed by atoms with van der Waals surface area (Å²) in [5, 5.41) is 5.53. The summed E-state index contributed by atoms with van der Waals surface area (Å²) in [7, 11) is -3.69. The van der Waals surface area contributed by atoms with Crippen LogP contribution in [0.4, 0.5) is 11.4 Å². The molecule has 0 aliphatic carbocycles. The Morgan fingerprint density at radius 2 is 1.89 bits per heavy atom. The summed E-state index contributed by atoms with van der Waals surface area (Å²) in [5.74, 6) is -0.517. The van der Waals surface area contributed by atoms with Crippen molar-refractivity contribution in [1.29, 1.82) is 0 Å². The molecule has 1 aliphatic heterocycles. The number of nitrogens with zero attached hydrogens (tertiary/aromatic N) is 1. The summed E-state index contributed by atoms with van der Waals surface area (Å²) >= 11 is 1.21. The standard InChI is InChI=1S/C19H23N3O4S2/c1-12-11-15(7-8-16(12)20-14(3)23)21-19(24)17-5-4-10-22(17)28(25,26)18-9-6-13(2)27-18/h6-9,11,17H,4-5,10H2,1-3H3,(H,20,23)(H,21,24)/t17-/m1/s1. The Bertz CT molecular complexity index is 1010. The molecule has 0 saturated carbocycles. The van der Waals surface area contributed by atoms with Crippen molar-refractivity contribution in [1.82, 2.24) is 4.31 Å². The Labute approximate surface area is 168 Å². The third-order valence-corrected chi connectivity index (χ3v) is 7.97. The highest BCUT2D eigenvalue weighted by Crippen LogP contribution is 2.31. The van der Waals surface area contributed by atoms with Gasteiger partial charge in [-0.25, -0.2) is 8.42 Å². The van der Waals surface area contributed by atoms with Crippen molar-refractivity contribution >= 4 is 44.5 Å². The topological polar surface area (TPSA) is 95.6 Å². The maximum Gasteiger partial charge on any atom is 0.253 e. The molecule has 1 aromatic heterocycles. The van der Waals surface area contributed by atoms with Gasteiger partial charge in [0.25, 0.3) is 10.0 Å². The number of benzene rings is 1. The maximum absolute atomic E-state index is 12.9. The molecule has 1 fully saturated rings. The molecular formula is C19H23N3O4S2. The van der Waals surface area contributed by atoms with E-state index >= 15 is 0 Å². The number of hydrogen-bond acceptors (Lipinski definition) is 5. The zero-order valence-electron chi connectivity index (χ0n) is 16.0. The second-order valence-corrected chi connectivity index (χ2v) is 10.2. The number of carbonyl (C=O) groups excluding carboxylic acids is 2.